The number of aliphatic hydroxyl groups is 1. The highest BCUT2D eigenvalue weighted by Crippen LogP contribution is 2.38. The molecule has 3 rings (SSSR count). The lowest BCUT2D eigenvalue weighted by molar-refractivity contribution is -0.119. The van der Waals surface area contributed by atoms with E-state index in [0.717, 1.165) is 24.1 Å². The van der Waals surface area contributed by atoms with Crippen LogP contribution in [0.3, 0.4) is 0 Å². The summed E-state index contributed by atoms with van der Waals surface area (Å²) in [6.45, 7) is 0.715. The van der Waals surface area contributed by atoms with E-state index >= 15 is 0 Å². The minimum Gasteiger partial charge on any atom is -0.390 e. The standard InChI is InChI=1S/C13H16N2O2/c16-12-4-7-15(14-12)11-3-1-2-10(8-11)9-13(17)5-6-13/h1-3,8,17H,4-7,9H2,(H,14,16). The van der Waals surface area contributed by atoms with Crippen molar-refractivity contribution in [3.63, 3.8) is 0 Å². The number of hydrogen-bond donors (Lipinski definition) is 2. The molecule has 1 aromatic rings. The first-order valence-electron chi connectivity index (χ1n) is 6.03. The number of amides is 1. The molecule has 0 bridgehead atoms. The van der Waals surface area contributed by atoms with Crippen molar-refractivity contribution >= 4 is 11.6 Å². The van der Waals surface area contributed by atoms with Gasteiger partial charge in [-0.2, -0.15) is 0 Å². The molecule has 4 nitrogen and oxygen atoms in total. The minimum atomic E-state index is -0.465. The molecule has 1 saturated heterocycles. The number of hydrazine groups is 1. The van der Waals surface area contributed by atoms with Crippen LogP contribution in [0.25, 0.3) is 0 Å². The molecular formula is C13H16N2O2. The van der Waals surface area contributed by atoms with Gasteiger partial charge in [0.15, 0.2) is 0 Å². The maximum absolute atomic E-state index is 11.2. The van der Waals surface area contributed by atoms with Crippen LogP contribution < -0.4 is 10.4 Å². The third-order valence-electron chi connectivity index (χ3n) is 3.40. The molecule has 0 atom stereocenters. The smallest absolute Gasteiger partial charge is 0.240 e. The Bertz CT molecular complexity index is 454. The average Bonchev–Trinajstić information content (AvgIpc) is 2.87. The quantitative estimate of drug-likeness (QED) is 0.817. The van der Waals surface area contributed by atoms with Crippen LogP contribution in [0.5, 0.6) is 0 Å². The van der Waals surface area contributed by atoms with Gasteiger partial charge in [0.2, 0.25) is 5.91 Å². The van der Waals surface area contributed by atoms with Crippen molar-refractivity contribution in [1.29, 1.82) is 0 Å². The molecule has 0 spiro atoms. The highest BCUT2D eigenvalue weighted by atomic mass is 16.3. The monoisotopic (exact) mass is 232 g/mol. The fourth-order valence-electron chi connectivity index (χ4n) is 2.20. The van der Waals surface area contributed by atoms with E-state index < -0.39 is 5.60 Å². The normalized spacial score (nSPS) is 21.5. The molecule has 0 aromatic heterocycles. The molecule has 2 aliphatic rings. The van der Waals surface area contributed by atoms with Crippen molar-refractivity contribution in [3.8, 4) is 0 Å². The maximum Gasteiger partial charge on any atom is 0.240 e. The second-order valence-corrected chi connectivity index (χ2v) is 5.01. The van der Waals surface area contributed by atoms with Crippen molar-refractivity contribution in [2.45, 2.75) is 31.3 Å². The first kappa shape index (κ1) is 10.6. The summed E-state index contributed by atoms with van der Waals surface area (Å²) in [5.41, 5.74) is 4.47. The van der Waals surface area contributed by atoms with Crippen molar-refractivity contribution < 1.29 is 9.90 Å². The first-order valence-corrected chi connectivity index (χ1v) is 6.03. The number of carbonyl (C=O) groups excluding carboxylic acids is 1. The molecular weight excluding hydrogens is 216 g/mol. The van der Waals surface area contributed by atoms with E-state index in [1.165, 1.54) is 0 Å². The molecule has 2 N–H and O–H groups in total. The van der Waals surface area contributed by atoms with Crippen LogP contribution in [0.15, 0.2) is 24.3 Å². The summed E-state index contributed by atoms with van der Waals surface area (Å²) in [7, 11) is 0. The average molecular weight is 232 g/mol. The van der Waals surface area contributed by atoms with E-state index in [1.807, 2.05) is 29.3 Å². The number of nitrogens with one attached hydrogen (secondary N) is 1. The van der Waals surface area contributed by atoms with Gasteiger partial charge >= 0.3 is 0 Å². The van der Waals surface area contributed by atoms with E-state index in [1.54, 1.807) is 0 Å². The second kappa shape index (κ2) is 3.74. The second-order valence-electron chi connectivity index (χ2n) is 5.01. The highest BCUT2D eigenvalue weighted by molar-refractivity contribution is 5.81. The summed E-state index contributed by atoms with van der Waals surface area (Å²) >= 11 is 0. The topological polar surface area (TPSA) is 52.6 Å². The molecule has 1 aliphatic heterocycles. The van der Waals surface area contributed by atoms with Crippen LogP contribution in [0.4, 0.5) is 5.69 Å². The predicted molar refractivity (Wildman–Crippen MR) is 64.4 cm³/mol. The first-order chi connectivity index (χ1) is 8.15. The van der Waals surface area contributed by atoms with Gasteiger partial charge in [-0.05, 0) is 30.5 Å². The van der Waals surface area contributed by atoms with Crippen LogP contribution in [0, 0.1) is 0 Å². The Kier molecular flexibility index (Phi) is 2.33. The van der Waals surface area contributed by atoms with Gasteiger partial charge in [0.1, 0.15) is 0 Å². The maximum atomic E-state index is 11.2. The van der Waals surface area contributed by atoms with Crippen molar-refractivity contribution in [2.75, 3.05) is 11.6 Å². The summed E-state index contributed by atoms with van der Waals surface area (Å²) in [5, 5.41) is 11.8. The number of carbonyl (C=O) groups is 1. The van der Waals surface area contributed by atoms with E-state index in [2.05, 4.69) is 5.43 Å². The molecule has 1 saturated carbocycles. The fraction of sp³-hybridized carbons (Fsp3) is 0.462. The minimum absolute atomic E-state index is 0.0659. The Morgan fingerprint density at radius 2 is 2.24 bits per heavy atom. The van der Waals surface area contributed by atoms with Crippen LogP contribution in [0.1, 0.15) is 24.8 Å². The number of rotatable bonds is 3. The van der Waals surface area contributed by atoms with E-state index in [0.29, 0.717) is 19.4 Å². The Balaban J connectivity index is 1.76. The van der Waals surface area contributed by atoms with Gasteiger partial charge in [0.05, 0.1) is 11.3 Å². The summed E-state index contributed by atoms with van der Waals surface area (Å²) in [5.74, 6) is 0.0659. The van der Waals surface area contributed by atoms with Crippen LogP contribution >= 0.6 is 0 Å². The van der Waals surface area contributed by atoms with Crippen LogP contribution in [0.2, 0.25) is 0 Å². The van der Waals surface area contributed by atoms with Gasteiger partial charge in [-0.1, -0.05) is 12.1 Å². The van der Waals surface area contributed by atoms with Gasteiger partial charge in [-0.25, -0.2) is 0 Å². The zero-order valence-corrected chi connectivity index (χ0v) is 9.65. The van der Waals surface area contributed by atoms with Gasteiger partial charge in [0.25, 0.3) is 0 Å². The van der Waals surface area contributed by atoms with E-state index in [9.17, 15) is 9.90 Å². The molecule has 1 heterocycles. The molecule has 0 radical (unpaired) electrons. The lowest BCUT2D eigenvalue weighted by atomic mass is 10.1. The largest absolute Gasteiger partial charge is 0.390 e. The number of benzene rings is 1. The zero-order valence-electron chi connectivity index (χ0n) is 9.65. The highest BCUT2D eigenvalue weighted by Gasteiger charge is 2.40. The molecule has 1 aromatic carbocycles. The third kappa shape index (κ3) is 2.26. The Morgan fingerprint density at radius 3 is 2.88 bits per heavy atom. The molecule has 0 unspecified atom stereocenters. The fourth-order valence-corrected chi connectivity index (χ4v) is 2.20. The summed E-state index contributed by atoms with van der Waals surface area (Å²) in [6, 6.07) is 8.02. The summed E-state index contributed by atoms with van der Waals surface area (Å²) < 4.78 is 0. The number of hydrogen-bond acceptors (Lipinski definition) is 3. The Hall–Kier alpha value is -1.55. The van der Waals surface area contributed by atoms with Gasteiger partial charge < -0.3 is 5.11 Å². The van der Waals surface area contributed by atoms with Gasteiger partial charge in [0, 0.05) is 19.4 Å². The summed E-state index contributed by atoms with van der Waals surface area (Å²) in [4.78, 5) is 11.2. The van der Waals surface area contributed by atoms with Crippen LogP contribution in [-0.4, -0.2) is 23.2 Å². The molecule has 1 amide bonds. The lowest BCUT2D eigenvalue weighted by Crippen LogP contribution is -2.32. The zero-order chi connectivity index (χ0) is 11.9. The van der Waals surface area contributed by atoms with Crippen molar-refractivity contribution in [2.24, 2.45) is 0 Å². The van der Waals surface area contributed by atoms with Crippen molar-refractivity contribution in [1.82, 2.24) is 5.43 Å². The van der Waals surface area contributed by atoms with Gasteiger partial charge in [-0.3, -0.25) is 15.2 Å². The summed E-state index contributed by atoms with van der Waals surface area (Å²) in [6.07, 6.45) is 3.06. The van der Waals surface area contributed by atoms with Gasteiger partial charge in [-0.15, -0.1) is 0 Å². The predicted octanol–water partition coefficient (Wildman–Crippen LogP) is 0.995. The SMILES string of the molecule is O=C1CCN(c2cccc(CC3(O)CC3)c2)N1. The van der Waals surface area contributed by atoms with E-state index in [4.69, 9.17) is 0 Å². The molecule has 17 heavy (non-hydrogen) atoms. The van der Waals surface area contributed by atoms with Crippen LogP contribution in [-0.2, 0) is 11.2 Å². The molecule has 90 valence electrons. The Labute approximate surface area is 100 Å². The van der Waals surface area contributed by atoms with Crippen molar-refractivity contribution in [3.05, 3.63) is 29.8 Å². The number of anilines is 1. The molecule has 2 fully saturated rings. The number of nitrogens with zero attached hydrogens (tertiary/aromatic N) is 1. The Morgan fingerprint density at radius 1 is 1.41 bits per heavy atom. The lowest BCUT2D eigenvalue weighted by Gasteiger charge is -2.18. The van der Waals surface area contributed by atoms with E-state index in [-0.39, 0.29) is 5.91 Å². The third-order valence-corrected chi connectivity index (χ3v) is 3.40. The molecule has 1 aliphatic carbocycles. The molecule has 4 heteroatoms.